The molecule has 3 aromatic rings. The fourth-order valence-electron chi connectivity index (χ4n) is 2.04. The van der Waals surface area contributed by atoms with Gasteiger partial charge in [-0.1, -0.05) is 12.1 Å². The summed E-state index contributed by atoms with van der Waals surface area (Å²) in [6.07, 6.45) is 0. The highest BCUT2D eigenvalue weighted by Gasteiger charge is 2.12. The van der Waals surface area contributed by atoms with Crippen molar-refractivity contribution < 1.29 is 9.07 Å². The third-order valence-corrected chi connectivity index (χ3v) is 3.25. The molecule has 0 aliphatic heterocycles. The summed E-state index contributed by atoms with van der Waals surface area (Å²) >= 11 is 0. The fourth-order valence-corrected chi connectivity index (χ4v) is 2.04. The van der Waals surface area contributed by atoms with Gasteiger partial charge in [-0.05, 0) is 49.2 Å². The van der Waals surface area contributed by atoms with Gasteiger partial charge in [-0.25, -0.2) is 4.98 Å². The Morgan fingerprint density at radius 1 is 1.11 bits per heavy atom. The number of nitrogens with zero attached hydrogens (tertiary/aromatic N) is 1. The molecule has 0 bridgehead atoms. The number of hydrogen-bond donors (Lipinski definition) is 0. The van der Waals surface area contributed by atoms with Crippen LogP contribution in [0.1, 0.15) is 11.1 Å². The molecule has 2 radical (unpaired) electrons. The van der Waals surface area contributed by atoms with Crippen molar-refractivity contribution in [2.45, 2.75) is 13.8 Å². The largest absolute Gasteiger partial charge is 0.567 e. The lowest BCUT2D eigenvalue weighted by Gasteiger charge is -2.04. The number of hydrogen-bond acceptors (Lipinski definition) is 3. The van der Waals surface area contributed by atoms with E-state index < -0.39 is 0 Å². The van der Waals surface area contributed by atoms with Crippen LogP contribution in [0.5, 0.6) is 5.75 Å². The Morgan fingerprint density at radius 2 is 1.84 bits per heavy atom. The van der Waals surface area contributed by atoms with Crippen molar-refractivity contribution in [3.8, 4) is 17.2 Å². The normalized spacial score (nSPS) is 10.8. The molecule has 0 saturated heterocycles. The van der Waals surface area contributed by atoms with Crippen molar-refractivity contribution in [2.75, 3.05) is 0 Å². The van der Waals surface area contributed by atoms with Gasteiger partial charge in [0.25, 0.3) is 0 Å². The van der Waals surface area contributed by atoms with Crippen LogP contribution in [0.15, 0.2) is 40.8 Å². The molecule has 1 heterocycles. The average Bonchev–Trinajstić information content (AvgIpc) is 2.82. The lowest BCUT2D eigenvalue weighted by Crippen LogP contribution is -1.88. The number of fused-ring (bicyclic) bond motifs is 1. The summed E-state index contributed by atoms with van der Waals surface area (Å²) in [6, 6.07) is 11.4. The van der Waals surface area contributed by atoms with E-state index in [0.29, 0.717) is 11.6 Å². The Morgan fingerprint density at radius 3 is 2.63 bits per heavy atom. The summed E-state index contributed by atoms with van der Waals surface area (Å²) in [5.74, 6) is 1.06. The maximum atomic E-state index is 5.79. The molecule has 3 nitrogen and oxygen atoms in total. The number of aromatic nitrogens is 1. The van der Waals surface area contributed by atoms with Crippen LogP contribution >= 0.6 is 0 Å². The van der Waals surface area contributed by atoms with E-state index in [1.807, 2.05) is 37.3 Å². The van der Waals surface area contributed by atoms with Crippen LogP contribution in [-0.4, -0.2) is 13.0 Å². The van der Waals surface area contributed by atoms with Crippen LogP contribution in [0, 0.1) is 13.8 Å². The second-order valence-electron chi connectivity index (χ2n) is 4.54. The molecule has 0 spiro atoms. The number of benzene rings is 2. The van der Waals surface area contributed by atoms with Gasteiger partial charge in [-0.2, -0.15) is 0 Å². The molecule has 0 aliphatic carbocycles. The van der Waals surface area contributed by atoms with Gasteiger partial charge in [-0.15, -0.1) is 0 Å². The topological polar surface area (TPSA) is 35.3 Å². The lowest BCUT2D eigenvalue weighted by molar-refractivity contribution is 0.594. The van der Waals surface area contributed by atoms with Crippen LogP contribution in [0.25, 0.3) is 22.6 Å². The molecule has 0 unspecified atom stereocenters. The fraction of sp³-hybridized carbons (Fsp3) is 0.133. The van der Waals surface area contributed by atoms with E-state index in [9.17, 15) is 0 Å². The lowest BCUT2D eigenvalue weighted by atomic mass is 10.1. The average molecular weight is 249 g/mol. The standard InChI is InChI=1S/C15H12BNO2/c1-9-7-12-14(8-10(9)2)18-15(17-12)11-5-3-4-6-13(11)19-16/h3-8H,1-2H3. The predicted molar refractivity (Wildman–Crippen MR) is 75.3 cm³/mol. The molecule has 1 aromatic heterocycles. The summed E-state index contributed by atoms with van der Waals surface area (Å²) in [7, 11) is 5.26. The molecule has 0 atom stereocenters. The van der Waals surface area contributed by atoms with Crippen LogP contribution in [0.3, 0.4) is 0 Å². The number of rotatable bonds is 2. The summed E-state index contributed by atoms with van der Waals surface area (Å²) in [5, 5.41) is 0. The van der Waals surface area contributed by atoms with Crippen molar-refractivity contribution in [2.24, 2.45) is 0 Å². The quantitative estimate of drug-likeness (QED) is 0.651. The number of aryl methyl sites for hydroxylation is 2. The molecule has 4 heteroatoms. The Kier molecular flexibility index (Phi) is 2.78. The van der Waals surface area contributed by atoms with Gasteiger partial charge in [0.2, 0.25) is 5.89 Å². The highest BCUT2D eigenvalue weighted by atomic mass is 16.4. The van der Waals surface area contributed by atoms with E-state index in [4.69, 9.17) is 17.1 Å². The van der Waals surface area contributed by atoms with Crippen molar-refractivity contribution in [1.29, 1.82) is 0 Å². The van der Waals surface area contributed by atoms with Crippen molar-refractivity contribution in [3.63, 3.8) is 0 Å². The molecular formula is C15H12BNO2. The highest BCUT2D eigenvalue weighted by Crippen LogP contribution is 2.31. The minimum Gasteiger partial charge on any atom is -0.567 e. The summed E-state index contributed by atoms with van der Waals surface area (Å²) in [4.78, 5) is 4.49. The first-order valence-corrected chi connectivity index (χ1v) is 6.03. The van der Waals surface area contributed by atoms with Crippen LogP contribution < -0.4 is 4.65 Å². The molecule has 19 heavy (non-hydrogen) atoms. The maximum Gasteiger partial charge on any atom is 0.374 e. The van der Waals surface area contributed by atoms with Gasteiger partial charge in [-0.3, -0.25) is 0 Å². The SMILES string of the molecule is [B]Oc1ccccc1-c1nc2cc(C)c(C)cc2o1. The third kappa shape index (κ3) is 1.99. The summed E-state index contributed by atoms with van der Waals surface area (Å²) in [6.45, 7) is 4.11. The first-order valence-electron chi connectivity index (χ1n) is 6.03. The Hall–Kier alpha value is -2.23. The smallest absolute Gasteiger partial charge is 0.374 e. The Labute approximate surface area is 112 Å². The summed E-state index contributed by atoms with van der Waals surface area (Å²) < 4.78 is 10.6. The predicted octanol–water partition coefficient (Wildman–Crippen LogP) is 3.57. The molecule has 0 aliphatic rings. The Bertz CT molecular complexity index is 710. The first-order chi connectivity index (χ1) is 9.19. The Balaban J connectivity index is 2.20. The molecular weight excluding hydrogens is 237 g/mol. The second-order valence-corrected chi connectivity index (χ2v) is 4.54. The van der Waals surface area contributed by atoms with Gasteiger partial charge in [0.1, 0.15) is 11.3 Å². The third-order valence-electron chi connectivity index (χ3n) is 3.25. The van der Waals surface area contributed by atoms with Crippen LogP contribution in [-0.2, 0) is 0 Å². The van der Waals surface area contributed by atoms with Gasteiger partial charge in [0, 0.05) is 0 Å². The zero-order valence-corrected chi connectivity index (χ0v) is 10.8. The van der Waals surface area contributed by atoms with E-state index in [1.165, 1.54) is 11.1 Å². The van der Waals surface area contributed by atoms with E-state index in [0.717, 1.165) is 16.7 Å². The van der Waals surface area contributed by atoms with Gasteiger partial charge < -0.3 is 9.07 Å². The zero-order chi connectivity index (χ0) is 13.4. The van der Waals surface area contributed by atoms with Gasteiger partial charge in [0.05, 0.1) is 5.56 Å². The zero-order valence-electron chi connectivity index (χ0n) is 10.8. The maximum absolute atomic E-state index is 5.79. The van der Waals surface area contributed by atoms with Crippen molar-refractivity contribution in [1.82, 2.24) is 4.98 Å². The van der Waals surface area contributed by atoms with Crippen LogP contribution in [0.4, 0.5) is 0 Å². The van der Waals surface area contributed by atoms with Crippen LogP contribution in [0.2, 0.25) is 0 Å². The molecule has 0 amide bonds. The van der Waals surface area contributed by atoms with E-state index in [1.54, 1.807) is 6.07 Å². The minimum atomic E-state index is 0.515. The molecule has 0 fully saturated rings. The van der Waals surface area contributed by atoms with E-state index in [2.05, 4.69) is 11.9 Å². The molecule has 92 valence electrons. The summed E-state index contributed by atoms with van der Waals surface area (Å²) in [5.41, 5.74) is 4.72. The molecule has 3 rings (SSSR count). The molecule has 0 saturated carbocycles. The van der Waals surface area contributed by atoms with E-state index >= 15 is 0 Å². The van der Waals surface area contributed by atoms with Crippen molar-refractivity contribution in [3.05, 3.63) is 47.5 Å². The van der Waals surface area contributed by atoms with Crippen molar-refractivity contribution >= 4 is 19.1 Å². The van der Waals surface area contributed by atoms with E-state index in [-0.39, 0.29) is 0 Å². The second kappa shape index (κ2) is 4.46. The minimum absolute atomic E-state index is 0.515. The number of para-hydroxylation sites is 1. The van der Waals surface area contributed by atoms with Gasteiger partial charge >= 0.3 is 8.05 Å². The van der Waals surface area contributed by atoms with Gasteiger partial charge in [0.15, 0.2) is 5.58 Å². The number of oxazole rings is 1. The monoisotopic (exact) mass is 249 g/mol. The molecule has 2 aromatic carbocycles. The molecule has 0 N–H and O–H groups in total. The first kappa shape index (κ1) is 11.8. The highest BCUT2D eigenvalue weighted by molar-refractivity contribution is 6.00.